The number of rotatable bonds is 3. The van der Waals surface area contributed by atoms with Crippen LogP contribution in [0.4, 0.5) is 8.78 Å². The zero-order valence-corrected chi connectivity index (χ0v) is 10.1. The van der Waals surface area contributed by atoms with Gasteiger partial charge in [0.05, 0.1) is 6.67 Å². The quantitative estimate of drug-likeness (QED) is 0.802. The van der Waals surface area contributed by atoms with E-state index in [1.165, 1.54) is 13.0 Å². The van der Waals surface area contributed by atoms with Crippen LogP contribution in [0, 0.1) is 0 Å². The highest BCUT2D eigenvalue weighted by Crippen LogP contribution is 2.02. The van der Waals surface area contributed by atoms with Gasteiger partial charge >= 0.3 is 5.76 Å². The topological polar surface area (TPSA) is 66.6 Å². The van der Waals surface area contributed by atoms with E-state index >= 15 is 0 Å². The van der Waals surface area contributed by atoms with Gasteiger partial charge in [0.2, 0.25) is 0 Å². The van der Waals surface area contributed by atoms with Gasteiger partial charge < -0.3 is 9.80 Å². The molecule has 0 radical (unpaired) electrons. The third-order valence-electron chi connectivity index (χ3n) is 1.70. The average Bonchev–Trinajstić information content (AvgIpc) is 2.51. The Hall–Kier alpha value is -0.890. The van der Waals surface area contributed by atoms with E-state index in [-0.39, 0.29) is 0 Å². The maximum Gasteiger partial charge on any atom is 0.350 e. The molecule has 0 aromatic heterocycles. The molecule has 0 aromatic carbocycles. The Bertz CT molecular complexity index is 319. The Morgan fingerprint density at radius 2 is 1.94 bits per heavy atom. The lowest BCUT2D eigenvalue weighted by Gasteiger charge is -2.16. The monoisotopic (exact) mass is 257 g/mol. The van der Waals surface area contributed by atoms with Gasteiger partial charge in [0.15, 0.2) is 0 Å². The second-order valence-electron chi connectivity index (χ2n) is 3.36. The van der Waals surface area contributed by atoms with Gasteiger partial charge in [0.25, 0.3) is 10.0 Å². The molecule has 96 valence electrons. The minimum Gasteiger partial charge on any atom is -0.362 e. The maximum absolute atomic E-state index is 10.8. The fourth-order valence-corrected chi connectivity index (χ4v) is 1.02. The van der Waals surface area contributed by atoms with Crippen molar-refractivity contribution in [3.8, 4) is 0 Å². The van der Waals surface area contributed by atoms with E-state index in [0.29, 0.717) is 0 Å². The van der Waals surface area contributed by atoms with Gasteiger partial charge in [0.1, 0.15) is 0 Å². The van der Waals surface area contributed by atoms with Crippen molar-refractivity contribution in [2.45, 2.75) is 19.1 Å². The van der Waals surface area contributed by atoms with Gasteiger partial charge in [-0.1, -0.05) is 6.92 Å². The van der Waals surface area contributed by atoms with Gasteiger partial charge in [-0.05, 0) is 6.42 Å². The van der Waals surface area contributed by atoms with Crippen LogP contribution in [0.25, 0.3) is 0 Å². The maximum atomic E-state index is 10.8. The first-order chi connectivity index (χ1) is 7.27. The molecule has 1 aliphatic rings. The molecule has 0 amide bonds. The third kappa shape index (κ3) is 6.57. The van der Waals surface area contributed by atoms with Crippen molar-refractivity contribution in [1.29, 1.82) is 0 Å². The van der Waals surface area contributed by atoms with E-state index in [4.69, 9.17) is 0 Å². The van der Waals surface area contributed by atoms with Crippen LogP contribution < -0.4 is 5.14 Å². The Balaban J connectivity index is 0.000000293. The first-order valence-corrected chi connectivity index (χ1v) is 6.30. The zero-order chi connectivity index (χ0) is 12.8. The third-order valence-corrected chi connectivity index (χ3v) is 2.19. The fraction of sp³-hybridized carbons (Fsp3) is 0.750. The summed E-state index contributed by atoms with van der Waals surface area (Å²) in [6.45, 7) is 4.45. The highest BCUT2D eigenvalue weighted by molar-refractivity contribution is 7.89. The Morgan fingerprint density at radius 1 is 1.44 bits per heavy atom. The minimum absolute atomic E-state index is 1.06. The molecule has 0 spiro atoms. The molecule has 1 heterocycles. The van der Waals surface area contributed by atoms with Crippen molar-refractivity contribution < 1.29 is 17.2 Å². The summed E-state index contributed by atoms with van der Waals surface area (Å²) in [5.41, 5.74) is 0. The smallest absolute Gasteiger partial charge is 0.350 e. The standard InChI is InChI=1S/C7H14N2.CH3F2NO2S/c1-3-4-9-6-5-8(2)7-9;2-1(3)7(4,5)6/h5-6H,3-4,7H2,1-2H3;1H,(H2,4,5,6). The van der Waals surface area contributed by atoms with Crippen LogP contribution in [0.1, 0.15) is 13.3 Å². The van der Waals surface area contributed by atoms with Crippen LogP contribution in [0.2, 0.25) is 0 Å². The molecule has 0 aromatic rings. The van der Waals surface area contributed by atoms with Crippen molar-refractivity contribution in [3.63, 3.8) is 0 Å². The van der Waals surface area contributed by atoms with E-state index in [1.807, 2.05) is 0 Å². The first-order valence-electron chi connectivity index (χ1n) is 4.69. The zero-order valence-electron chi connectivity index (χ0n) is 9.31. The number of nitrogens with zero attached hydrogens (tertiary/aromatic N) is 2. The lowest BCUT2D eigenvalue weighted by atomic mass is 10.4. The van der Waals surface area contributed by atoms with Crippen molar-refractivity contribution >= 4 is 10.0 Å². The van der Waals surface area contributed by atoms with Crippen LogP contribution in [0.15, 0.2) is 12.4 Å². The van der Waals surface area contributed by atoms with E-state index in [0.717, 1.165) is 6.67 Å². The number of nitrogens with two attached hydrogens (primary N) is 1. The summed E-state index contributed by atoms with van der Waals surface area (Å²) >= 11 is 0. The first kappa shape index (κ1) is 15.1. The Kier molecular flexibility index (Phi) is 6.27. The molecule has 0 saturated carbocycles. The van der Waals surface area contributed by atoms with Crippen molar-refractivity contribution in [1.82, 2.24) is 9.80 Å². The summed E-state index contributed by atoms with van der Waals surface area (Å²) in [6, 6.07) is 0. The Labute approximate surface area is 94.6 Å². The summed E-state index contributed by atoms with van der Waals surface area (Å²) < 4.78 is 40.4. The predicted molar refractivity (Wildman–Crippen MR) is 57.9 cm³/mol. The van der Waals surface area contributed by atoms with Crippen molar-refractivity contribution in [2.24, 2.45) is 5.14 Å². The molecular weight excluding hydrogens is 240 g/mol. The number of hydrogen-bond acceptors (Lipinski definition) is 4. The molecule has 0 saturated heterocycles. The van der Waals surface area contributed by atoms with Gasteiger partial charge in [-0.25, -0.2) is 13.6 Å². The van der Waals surface area contributed by atoms with Gasteiger partial charge in [-0.15, -0.1) is 0 Å². The fourth-order valence-electron chi connectivity index (χ4n) is 1.02. The van der Waals surface area contributed by atoms with E-state index < -0.39 is 15.8 Å². The van der Waals surface area contributed by atoms with E-state index in [1.54, 1.807) is 0 Å². The van der Waals surface area contributed by atoms with Gasteiger partial charge in [0, 0.05) is 26.0 Å². The molecular formula is C8H17F2N3O2S. The summed E-state index contributed by atoms with van der Waals surface area (Å²) in [7, 11) is -2.48. The summed E-state index contributed by atoms with van der Waals surface area (Å²) in [5.74, 6) is -3.45. The molecule has 5 nitrogen and oxygen atoms in total. The normalized spacial score (nSPS) is 15.4. The lowest BCUT2D eigenvalue weighted by Crippen LogP contribution is -2.22. The molecule has 1 rings (SSSR count). The number of primary sulfonamides is 1. The number of halogens is 2. The van der Waals surface area contributed by atoms with E-state index in [2.05, 4.69) is 41.3 Å². The lowest BCUT2D eigenvalue weighted by molar-refractivity contribution is 0.235. The predicted octanol–water partition coefficient (Wildman–Crippen LogP) is 0.570. The summed E-state index contributed by atoms with van der Waals surface area (Å²) in [5, 5.41) is 3.90. The van der Waals surface area contributed by atoms with Crippen LogP contribution in [0.3, 0.4) is 0 Å². The molecule has 8 heteroatoms. The molecule has 1 aliphatic heterocycles. The second-order valence-corrected chi connectivity index (χ2v) is 4.89. The van der Waals surface area contributed by atoms with Crippen LogP contribution >= 0.6 is 0 Å². The molecule has 0 fully saturated rings. The largest absolute Gasteiger partial charge is 0.362 e. The van der Waals surface area contributed by atoms with Gasteiger partial charge in [-0.3, -0.25) is 0 Å². The van der Waals surface area contributed by atoms with E-state index in [9.17, 15) is 17.2 Å². The number of sulfonamides is 1. The minimum atomic E-state index is -4.57. The van der Waals surface area contributed by atoms with Gasteiger partial charge in [-0.2, -0.15) is 8.78 Å². The summed E-state index contributed by atoms with van der Waals surface area (Å²) in [4.78, 5) is 4.48. The molecule has 2 N–H and O–H groups in total. The van der Waals surface area contributed by atoms with Crippen LogP contribution in [-0.4, -0.2) is 44.2 Å². The molecule has 0 aliphatic carbocycles. The highest BCUT2D eigenvalue weighted by atomic mass is 32.2. The van der Waals surface area contributed by atoms with Crippen molar-refractivity contribution in [2.75, 3.05) is 20.3 Å². The molecule has 0 atom stereocenters. The summed E-state index contributed by atoms with van der Waals surface area (Å²) in [6.07, 6.45) is 5.48. The highest BCUT2D eigenvalue weighted by Gasteiger charge is 2.16. The number of hydrogen-bond donors (Lipinski definition) is 1. The van der Waals surface area contributed by atoms with Crippen molar-refractivity contribution in [3.05, 3.63) is 12.4 Å². The Morgan fingerprint density at radius 3 is 2.19 bits per heavy atom. The SMILES string of the molecule is CCCN1C=CN(C)C1.NS(=O)(=O)C(F)F. The molecule has 16 heavy (non-hydrogen) atoms. The number of alkyl halides is 2. The van der Waals surface area contributed by atoms with Crippen LogP contribution in [0.5, 0.6) is 0 Å². The second kappa shape index (κ2) is 6.64. The van der Waals surface area contributed by atoms with Crippen LogP contribution in [-0.2, 0) is 10.0 Å². The molecule has 0 unspecified atom stereocenters. The average molecular weight is 257 g/mol. The molecule has 0 bridgehead atoms.